The monoisotopic (exact) mass is 260 g/mol. The number of nitrogens with one attached hydrogen (secondary N) is 2. The highest BCUT2D eigenvalue weighted by atomic mass is 32.1. The van der Waals surface area contributed by atoms with E-state index in [0.717, 1.165) is 5.56 Å². The van der Waals surface area contributed by atoms with Gasteiger partial charge >= 0.3 is 5.69 Å². The maximum absolute atomic E-state index is 11.3. The van der Waals surface area contributed by atoms with Crippen molar-refractivity contribution in [3.63, 3.8) is 0 Å². The van der Waals surface area contributed by atoms with Crippen molar-refractivity contribution in [2.45, 2.75) is 0 Å². The molecule has 0 saturated carbocycles. The molecule has 90 valence electrons. The van der Waals surface area contributed by atoms with Gasteiger partial charge in [-0.15, -0.1) is 11.3 Å². The molecule has 0 atom stereocenters. The van der Waals surface area contributed by atoms with Crippen molar-refractivity contribution < 1.29 is 4.79 Å². The molecule has 0 fully saturated rings. The quantitative estimate of drug-likeness (QED) is 0.642. The molecule has 0 unspecified atom stereocenters. The lowest BCUT2D eigenvalue weighted by molar-refractivity contribution is 0.100. The lowest BCUT2D eigenvalue weighted by atomic mass is 10.1. The number of hydrogen-bond donors (Lipinski definition) is 3. The Kier molecular flexibility index (Phi) is 2.27. The summed E-state index contributed by atoms with van der Waals surface area (Å²) in [5.74, 6) is -0.504. The van der Waals surface area contributed by atoms with Crippen molar-refractivity contribution in [2.24, 2.45) is 5.73 Å². The van der Waals surface area contributed by atoms with Crippen LogP contribution in [0.25, 0.3) is 22.3 Å². The SMILES string of the molecule is NC(=O)c1scnc1-c1ccc2[nH]c(=O)[nH]c2c1. The predicted octanol–water partition coefficient (Wildman–Crippen LogP) is 1.08. The summed E-state index contributed by atoms with van der Waals surface area (Å²) < 4.78 is 0. The number of carbonyl (C=O) groups is 1. The predicted molar refractivity (Wildman–Crippen MR) is 68.5 cm³/mol. The highest BCUT2D eigenvalue weighted by molar-refractivity contribution is 7.12. The number of nitrogens with zero attached hydrogens (tertiary/aromatic N) is 1. The molecule has 2 aromatic heterocycles. The number of H-pyrrole nitrogens is 2. The van der Waals surface area contributed by atoms with E-state index >= 15 is 0 Å². The molecule has 0 aliphatic carbocycles. The van der Waals surface area contributed by atoms with Crippen molar-refractivity contribution in [3.8, 4) is 11.3 Å². The van der Waals surface area contributed by atoms with E-state index in [9.17, 15) is 9.59 Å². The van der Waals surface area contributed by atoms with Gasteiger partial charge in [0.25, 0.3) is 5.91 Å². The molecule has 6 nitrogen and oxygen atoms in total. The van der Waals surface area contributed by atoms with E-state index in [1.54, 1.807) is 23.7 Å². The average molecular weight is 260 g/mol. The Bertz CT molecular complexity index is 799. The molecule has 1 aromatic carbocycles. The second-order valence-corrected chi connectivity index (χ2v) is 4.59. The van der Waals surface area contributed by atoms with Gasteiger partial charge in [0, 0.05) is 5.56 Å². The van der Waals surface area contributed by atoms with Gasteiger partial charge in [0.05, 0.1) is 22.2 Å². The van der Waals surface area contributed by atoms with Crippen molar-refractivity contribution in [1.29, 1.82) is 0 Å². The van der Waals surface area contributed by atoms with Crippen molar-refractivity contribution in [2.75, 3.05) is 0 Å². The third kappa shape index (κ3) is 1.61. The summed E-state index contributed by atoms with van der Waals surface area (Å²) in [6.07, 6.45) is 0. The Labute approximate surface area is 104 Å². The van der Waals surface area contributed by atoms with Crippen LogP contribution in [0, 0.1) is 0 Å². The summed E-state index contributed by atoms with van der Waals surface area (Å²) in [6, 6.07) is 5.30. The standard InChI is InChI=1S/C11H8N4O2S/c12-10(16)9-8(13-4-18-9)5-1-2-6-7(3-5)15-11(17)14-6/h1-4H,(H2,12,16)(H2,14,15,17). The van der Waals surface area contributed by atoms with Crippen LogP contribution < -0.4 is 11.4 Å². The van der Waals surface area contributed by atoms with Crippen molar-refractivity contribution in [3.05, 3.63) is 39.1 Å². The number of primary amides is 1. The molecule has 0 saturated heterocycles. The molecule has 0 bridgehead atoms. The molecule has 1 amide bonds. The minimum absolute atomic E-state index is 0.268. The van der Waals surface area contributed by atoms with E-state index in [1.165, 1.54) is 11.3 Å². The third-order valence-corrected chi connectivity index (χ3v) is 3.42. The topological polar surface area (TPSA) is 105 Å². The van der Waals surface area contributed by atoms with Crippen LogP contribution in [0.2, 0.25) is 0 Å². The first-order chi connectivity index (χ1) is 8.65. The first kappa shape index (κ1) is 10.7. The Balaban J connectivity index is 2.21. The summed E-state index contributed by atoms with van der Waals surface area (Å²) in [6.45, 7) is 0. The molecule has 18 heavy (non-hydrogen) atoms. The van der Waals surface area contributed by atoms with Gasteiger partial charge in [-0.05, 0) is 12.1 Å². The lowest BCUT2D eigenvalue weighted by Gasteiger charge is -1.99. The van der Waals surface area contributed by atoms with Crippen LogP contribution in [-0.2, 0) is 0 Å². The Morgan fingerprint density at radius 1 is 1.28 bits per heavy atom. The zero-order valence-corrected chi connectivity index (χ0v) is 9.88. The number of amides is 1. The molecule has 3 rings (SSSR count). The summed E-state index contributed by atoms with van der Waals surface area (Å²) in [4.78, 5) is 32.3. The highest BCUT2D eigenvalue weighted by Gasteiger charge is 2.14. The van der Waals surface area contributed by atoms with Crippen LogP contribution in [0.1, 0.15) is 9.67 Å². The van der Waals surface area contributed by atoms with E-state index in [2.05, 4.69) is 15.0 Å². The molecule has 0 aliphatic rings. The number of benzene rings is 1. The fourth-order valence-electron chi connectivity index (χ4n) is 1.81. The molecule has 3 aromatic rings. The molecular weight excluding hydrogens is 252 g/mol. The van der Waals surface area contributed by atoms with E-state index in [-0.39, 0.29) is 5.69 Å². The second-order valence-electron chi connectivity index (χ2n) is 3.73. The van der Waals surface area contributed by atoms with Gasteiger partial charge in [-0.25, -0.2) is 9.78 Å². The van der Waals surface area contributed by atoms with Crippen LogP contribution in [-0.4, -0.2) is 20.9 Å². The Hall–Kier alpha value is -2.41. The van der Waals surface area contributed by atoms with E-state index < -0.39 is 5.91 Å². The summed E-state index contributed by atoms with van der Waals surface area (Å²) in [5.41, 5.74) is 9.24. The van der Waals surface area contributed by atoms with Crippen LogP contribution in [0.4, 0.5) is 0 Å². The van der Waals surface area contributed by atoms with E-state index in [4.69, 9.17) is 5.73 Å². The van der Waals surface area contributed by atoms with Gasteiger partial charge in [0.15, 0.2) is 0 Å². The Morgan fingerprint density at radius 3 is 2.83 bits per heavy atom. The highest BCUT2D eigenvalue weighted by Crippen LogP contribution is 2.26. The van der Waals surface area contributed by atoms with E-state index in [1.807, 2.05) is 0 Å². The molecular formula is C11H8N4O2S. The van der Waals surface area contributed by atoms with Crippen LogP contribution in [0.5, 0.6) is 0 Å². The van der Waals surface area contributed by atoms with Crippen molar-refractivity contribution in [1.82, 2.24) is 15.0 Å². The number of fused-ring (bicyclic) bond motifs is 1. The number of rotatable bonds is 2. The molecule has 0 radical (unpaired) electrons. The van der Waals surface area contributed by atoms with Crippen molar-refractivity contribution >= 4 is 28.3 Å². The first-order valence-electron chi connectivity index (χ1n) is 5.11. The first-order valence-corrected chi connectivity index (χ1v) is 5.99. The molecule has 4 N–H and O–H groups in total. The van der Waals surface area contributed by atoms with Gasteiger partial charge in [-0.2, -0.15) is 0 Å². The number of carbonyl (C=O) groups excluding carboxylic acids is 1. The number of nitrogens with two attached hydrogens (primary N) is 1. The number of hydrogen-bond acceptors (Lipinski definition) is 4. The van der Waals surface area contributed by atoms with Gasteiger partial charge < -0.3 is 15.7 Å². The Morgan fingerprint density at radius 2 is 2.06 bits per heavy atom. The van der Waals surface area contributed by atoms with Gasteiger partial charge in [0.2, 0.25) is 0 Å². The smallest absolute Gasteiger partial charge is 0.323 e. The average Bonchev–Trinajstić information content (AvgIpc) is 2.91. The zero-order chi connectivity index (χ0) is 12.7. The van der Waals surface area contributed by atoms with Gasteiger partial charge in [0.1, 0.15) is 4.88 Å². The molecule has 7 heteroatoms. The summed E-state index contributed by atoms with van der Waals surface area (Å²) in [5, 5.41) is 0. The normalized spacial score (nSPS) is 10.9. The van der Waals surface area contributed by atoms with E-state index in [0.29, 0.717) is 21.6 Å². The largest absolute Gasteiger partial charge is 0.365 e. The number of thiazole rings is 1. The van der Waals surface area contributed by atoms with Gasteiger partial charge in [-0.1, -0.05) is 6.07 Å². The zero-order valence-electron chi connectivity index (χ0n) is 9.06. The fraction of sp³-hybridized carbons (Fsp3) is 0. The second kappa shape index (κ2) is 3.81. The van der Waals surface area contributed by atoms with Crippen LogP contribution in [0.3, 0.4) is 0 Å². The van der Waals surface area contributed by atoms with Crippen LogP contribution >= 0.6 is 11.3 Å². The minimum atomic E-state index is -0.504. The summed E-state index contributed by atoms with van der Waals surface area (Å²) in [7, 11) is 0. The molecule has 0 spiro atoms. The lowest BCUT2D eigenvalue weighted by Crippen LogP contribution is -2.10. The number of aromatic nitrogens is 3. The summed E-state index contributed by atoms with van der Waals surface area (Å²) >= 11 is 1.20. The molecule has 2 heterocycles. The maximum Gasteiger partial charge on any atom is 0.323 e. The fourth-order valence-corrected chi connectivity index (χ4v) is 2.47. The minimum Gasteiger partial charge on any atom is -0.365 e. The van der Waals surface area contributed by atoms with Gasteiger partial charge in [-0.3, -0.25) is 4.79 Å². The third-order valence-electron chi connectivity index (χ3n) is 2.58. The molecule has 0 aliphatic heterocycles. The van der Waals surface area contributed by atoms with Crippen LogP contribution in [0.15, 0.2) is 28.5 Å². The number of aromatic amines is 2. The number of imidazole rings is 1. The maximum atomic E-state index is 11.3.